The summed E-state index contributed by atoms with van der Waals surface area (Å²) in [5.41, 5.74) is 0.871. The minimum absolute atomic E-state index is 0.0681. The predicted octanol–water partition coefficient (Wildman–Crippen LogP) is 3.50. The normalized spacial score (nSPS) is 13.0. The van der Waals surface area contributed by atoms with Gasteiger partial charge in [0.2, 0.25) is 5.88 Å². The largest absolute Gasteiger partial charge is 0.439 e. The van der Waals surface area contributed by atoms with E-state index in [-0.39, 0.29) is 11.5 Å². The molecule has 0 aliphatic carbocycles. The van der Waals surface area contributed by atoms with Gasteiger partial charge in [0.05, 0.1) is 0 Å². The highest BCUT2D eigenvalue weighted by Gasteiger charge is 2.30. The molecule has 3 rings (SSSR count). The maximum absolute atomic E-state index is 12.6. The van der Waals surface area contributed by atoms with Crippen LogP contribution in [0.15, 0.2) is 30.6 Å². The van der Waals surface area contributed by atoms with E-state index in [1.807, 2.05) is 13.8 Å². The molecule has 0 unspecified atom stereocenters. The molecule has 3 aromatic rings. The van der Waals surface area contributed by atoms with Gasteiger partial charge in [0.15, 0.2) is 11.9 Å². The van der Waals surface area contributed by atoms with E-state index in [1.54, 1.807) is 22.9 Å². The number of aliphatic hydroxyl groups excluding tert-OH is 1. The zero-order valence-corrected chi connectivity index (χ0v) is 19.8. The summed E-state index contributed by atoms with van der Waals surface area (Å²) in [7, 11) is -1.07. The summed E-state index contributed by atoms with van der Waals surface area (Å²) < 4.78 is 34.8. The van der Waals surface area contributed by atoms with Crippen molar-refractivity contribution in [1.82, 2.24) is 23.0 Å². The Kier molecular flexibility index (Phi) is 6.97. The van der Waals surface area contributed by atoms with Crippen molar-refractivity contribution >= 4 is 33.4 Å². The lowest BCUT2D eigenvalue weighted by molar-refractivity contribution is 0.202. The Morgan fingerprint density at radius 1 is 1.19 bits per heavy atom. The monoisotopic (exact) mass is 487 g/mol. The average Bonchev–Trinajstić information content (AvgIpc) is 3.31. The van der Waals surface area contributed by atoms with E-state index in [0.29, 0.717) is 40.2 Å². The molecule has 1 aromatic carbocycles. The van der Waals surface area contributed by atoms with Crippen LogP contribution in [0.4, 0.5) is 0 Å². The van der Waals surface area contributed by atoms with Gasteiger partial charge in [-0.05, 0) is 31.5 Å². The van der Waals surface area contributed by atoms with Crippen LogP contribution >= 0.6 is 23.2 Å². The third-order valence-corrected chi connectivity index (χ3v) is 6.75. The smallest absolute Gasteiger partial charge is 0.308 e. The quantitative estimate of drug-likeness (QED) is 0.521. The first-order chi connectivity index (χ1) is 14.6. The maximum Gasteiger partial charge on any atom is 0.308 e. The molecule has 0 amide bonds. The standard InChI is InChI=1S/C19H23Cl2N5O4S/c1-5-15-16(17(27)18-22-7-8-26(18)31(28,29)24(3)4)23-25(6-2)19(15)30-14-10-12(20)9-13(21)11-14/h7-11,17,27H,5-6H2,1-4H3/t17-/m0/s1. The van der Waals surface area contributed by atoms with E-state index in [1.165, 1.54) is 26.5 Å². The molecular weight excluding hydrogens is 465 g/mol. The van der Waals surface area contributed by atoms with Gasteiger partial charge in [-0.3, -0.25) is 0 Å². The molecule has 0 radical (unpaired) electrons. The van der Waals surface area contributed by atoms with Crippen molar-refractivity contribution in [2.24, 2.45) is 0 Å². The molecule has 1 N–H and O–H groups in total. The summed E-state index contributed by atoms with van der Waals surface area (Å²) in [6.07, 6.45) is 1.67. The van der Waals surface area contributed by atoms with Crippen molar-refractivity contribution in [3.8, 4) is 11.6 Å². The minimum atomic E-state index is -3.87. The minimum Gasteiger partial charge on any atom is -0.439 e. The number of aromatic nitrogens is 4. The third-order valence-electron chi connectivity index (χ3n) is 4.58. The van der Waals surface area contributed by atoms with Crippen LogP contribution in [-0.2, 0) is 23.2 Å². The lowest BCUT2D eigenvalue weighted by atomic mass is 10.1. The molecule has 168 valence electrons. The summed E-state index contributed by atoms with van der Waals surface area (Å²) in [6.45, 7) is 4.21. The van der Waals surface area contributed by atoms with Crippen LogP contribution in [0.1, 0.15) is 37.0 Å². The van der Waals surface area contributed by atoms with Gasteiger partial charge in [-0.2, -0.15) is 17.8 Å². The van der Waals surface area contributed by atoms with Crippen molar-refractivity contribution in [3.05, 3.63) is 57.7 Å². The van der Waals surface area contributed by atoms with Crippen LogP contribution < -0.4 is 4.74 Å². The van der Waals surface area contributed by atoms with Gasteiger partial charge in [-0.25, -0.2) is 13.6 Å². The van der Waals surface area contributed by atoms with Gasteiger partial charge in [0.1, 0.15) is 11.4 Å². The van der Waals surface area contributed by atoms with Crippen molar-refractivity contribution in [3.63, 3.8) is 0 Å². The van der Waals surface area contributed by atoms with Crippen molar-refractivity contribution < 1.29 is 18.3 Å². The van der Waals surface area contributed by atoms with Gasteiger partial charge in [-0.15, -0.1) is 0 Å². The van der Waals surface area contributed by atoms with E-state index in [9.17, 15) is 13.5 Å². The van der Waals surface area contributed by atoms with E-state index in [2.05, 4.69) is 10.1 Å². The molecule has 0 fully saturated rings. The van der Waals surface area contributed by atoms with Crippen LogP contribution in [0.25, 0.3) is 0 Å². The zero-order valence-electron chi connectivity index (χ0n) is 17.5. The number of aliphatic hydroxyl groups is 1. The van der Waals surface area contributed by atoms with E-state index in [4.69, 9.17) is 27.9 Å². The number of ether oxygens (including phenoxy) is 1. The molecular formula is C19H23Cl2N5O4S. The Labute approximate surface area is 191 Å². The molecule has 1 atom stereocenters. The SMILES string of the molecule is CCc1c([C@H](O)c2nccn2S(=O)(=O)N(C)C)nn(CC)c1Oc1cc(Cl)cc(Cl)c1. The third kappa shape index (κ3) is 4.58. The molecule has 0 spiro atoms. The first-order valence-corrected chi connectivity index (χ1v) is 11.6. The highest BCUT2D eigenvalue weighted by atomic mass is 35.5. The Morgan fingerprint density at radius 2 is 1.84 bits per heavy atom. The molecule has 0 bridgehead atoms. The van der Waals surface area contributed by atoms with E-state index < -0.39 is 16.3 Å². The predicted molar refractivity (Wildman–Crippen MR) is 118 cm³/mol. The number of hydrogen-bond donors (Lipinski definition) is 1. The van der Waals surface area contributed by atoms with Crippen molar-refractivity contribution in [2.75, 3.05) is 14.1 Å². The second-order valence-corrected chi connectivity index (χ2v) is 9.71. The molecule has 2 aromatic heterocycles. The molecule has 0 aliphatic rings. The molecule has 12 heteroatoms. The number of aryl methyl sites for hydroxylation is 1. The summed E-state index contributed by atoms with van der Waals surface area (Å²) in [5.74, 6) is 0.756. The van der Waals surface area contributed by atoms with Crippen LogP contribution in [0, 0.1) is 0 Å². The fourth-order valence-electron chi connectivity index (χ4n) is 3.07. The Bertz CT molecular complexity index is 1170. The van der Waals surface area contributed by atoms with Crippen LogP contribution in [0.2, 0.25) is 10.0 Å². The molecule has 0 aliphatic heterocycles. The topological polar surface area (TPSA) is 102 Å². The van der Waals surface area contributed by atoms with Crippen LogP contribution in [-0.4, -0.2) is 50.7 Å². The molecule has 2 heterocycles. The summed E-state index contributed by atoms with van der Waals surface area (Å²) in [5, 5.41) is 16.4. The lowest BCUT2D eigenvalue weighted by Gasteiger charge is -2.16. The fraction of sp³-hybridized carbons (Fsp3) is 0.368. The summed E-state index contributed by atoms with van der Waals surface area (Å²) in [4.78, 5) is 4.07. The Balaban J connectivity index is 2.09. The molecule has 9 nitrogen and oxygen atoms in total. The highest BCUT2D eigenvalue weighted by Crippen LogP contribution is 2.35. The number of rotatable bonds is 8. The first-order valence-electron chi connectivity index (χ1n) is 9.47. The number of benzene rings is 1. The zero-order chi connectivity index (χ0) is 22.9. The van der Waals surface area contributed by atoms with Crippen molar-refractivity contribution in [2.45, 2.75) is 32.9 Å². The first kappa shape index (κ1) is 23.6. The lowest BCUT2D eigenvalue weighted by Crippen LogP contribution is -2.30. The van der Waals surface area contributed by atoms with Gasteiger partial charge >= 0.3 is 10.2 Å². The Hall–Kier alpha value is -2.11. The average molecular weight is 488 g/mol. The van der Waals surface area contributed by atoms with E-state index in [0.717, 1.165) is 8.28 Å². The molecule has 31 heavy (non-hydrogen) atoms. The van der Waals surface area contributed by atoms with E-state index >= 15 is 0 Å². The van der Waals surface area contributed by atoms with Gasteiger partial charge in [-0.1, -0.05) is 30.1 Å². The second kappa shape index (κ2) is 9.17. The van der Waals surface area contributed by atoms with Gasteiger partial charge in [0.25, 0.3) is 0 Å². The molecule has 0 saturated carbocycles. The van der Waals surface area contributed by atoms with Gasteiger partial charge in [0, 0.05) is 48.6 Å². The van der Waals surface area contributed by atoms with Crippen LogP contribution in [0.5, 0.6) is 11.6 Å². The number of nitrogens with zero attached hydrogens (tertiary/aromatic N) is 5. The number of imidazole rings is 1. The second-order valence-electron chi connectivity index (χ2n) is 6.82. The maximum atomic E-state index is 12.6. The summed E-state index contributed by atoms with van der Waals surface area (Å²) >= 11 is 12.1. The van der Waals surface area contributed by atoms with Crippen LogP contribution in [0.3, 0.4) is 0 Å². The number of hydrogen-bond acceptors (Lipinski definition) is 6. The fourth-order valence-corrected chi connectivity index (χ4v) is 4.52. The molecule has 0 saturated heterocycles. The van der Waals surface area contributed by atoms with Crippen molar-refractivity contribution in [1.29, 1.82) is 0 Å². The van der Waals surface area contributed by atoms with Gasteiger partial charge < -0.3 is 9.84 Å². The highest BCUT2D eigenvalue weighted by molar-refractivity contribution is 7.87. The Morgan fingerprint density at radius 3 is 2.39 bits per heavy atom. The number of halogens is 2. The summed E-state index contributed by atoms with van der Waals surface area (Å²) in [6, 6.07) is 4.83.